The van der Waals surface area contributed by atoms with Crippen molar-refractivity contribution in [2.24, 2.45) is 0 Å². The van der Waals surface area contributed by atoms with Crippen molar-refractivity contribution in [2.75, 3.05) is 0 Å². The van der Waals surface area contributed by atoms with E-state index in [0.29, 0.717) is 11.8 Å². The van der Waals surface area contributed by atoms with Crippen LogP contribution in [0.2, 0.25) is 0 Å². The summed E-state index contributed by atoms with van der Waals surface area (Å²) in [5, 5.41) is 14.7. The fourth-order valence-electron chi connectivity index (χ4n) is 0.882. The molecule has 0 aliphatic rings. The molecule has 0 bridgehead atoms. The highest BCUT2D eigenvalue weighted by Gasteiger charge is 1.95. The van der Waals surface area contributed by atoms with Gasteiger partial charge >= 0.3 is 0 Å². The van der Waals surface area contributed by atoms with Crippen LogP contribution in [-0.4, -0.2) is 16.7 Å². The first-order valence-corrected chi connectivity index (χ1v) is 3.43. The number of hydrogen-bond acceptors (Lipinski definition) is 3. The summed E-state index contributed by atoms with van der Waals surface area (Å²) >= 11 is 0. The monoisotopic (exact) mass is 163 g/mol. The molecule has 0 radical (unpaired) electrons. The molecule has 0 aliphatic carbocycles. The second-order valence-corrected chi connectivity index (χ2v) is 2.42. The number of carbonyl (C=O) groups is 1. The van der Waals surface area contributed by atoms with E-state index in [1.807, 2.05) is 0 Å². The van der Waals surface area contributed by atoms with Crippen LogP contribution >= 0.6 is 0 Å². The quantitative estimate of drug-likeness (QED) is 0.355. The Bertz CT molecular complexity index is 378. The molecular formula is C8H9N3O. The summed E-state index contributed by atoms with van der Waals surface area (Å²) < 4.78 is 1.38. The lowest BCUT2D eigenvalue weighted by Crippen LogP contribution is -2.23. The Hall–Kier alpha value is -1.71. The summed E-state index contributed by atoms with van der Waals surface area (Å²) in [4.78, 5) is 10.3. The van der Waals surface area contributed by atoms with E-state index in [1.165, 1.54) is 16.8 Å². The van der Waals surface area contributed by atoms with Crippen molar-refractivity contribution in [1.29, 1.82) is 10.8 Å². The van der Waals surface area contributed by atoms with Crippen LogP contribution in [0.1, 0.15) is 17.3 Å². The molecule has 0 amide bonds. The van der Waals surface area contributed by atoms with E-state index in [2.05, 4.69) is 0 Å². The molecule has 62 valence electrons. The largest absolute Gasteiger partial charge is 0.298 e. The van der Waals surface area contributed by atoms with Gasteiger partial charge in [-0.1, -0.05) is 0 Å². The zero-order chi connectivity index (χ0) is 9.14. The molecule has 12 heavy (non-hydrogen) atoms. The van der Waals surface area contributed by atoms with Crippen LogP contribution in [-0.2, 0) is 0 Å². The van der Waals surface area contributed by atoms with E-state index in [4.69, 9.17) is 10.8 Å². The molecule has 2 N–H and O–H groups in total. The number of aldehydes is 1. The standard InChI is InChI=1S/C8H9N3O/c1-6(9)11-3-2-7(5-12)4-8(11)10/h2-5,9-10H,1H3. The summed E-state index contributed by atoms with van der Waals surface area (Å²) in [6, 6.07) is 2.99. The van der Waals surface area contributed by atoms with E-state index in [-0.39, 0.29) is 11.3 Å². The molecule has 0 saturated carbocycles. The molecule has 0 spiro atoms. The van der Waals surface area contributed by atoms with Crippen molar-refractivity contribution in [1.82, 2.24) is 4.57 Å². The number of rotatable bonds is 1. The zero-order valence-corrected chi connectivity index (χ0v) is 6.66. The van der Waals surface area contributed by atoms with Gasteiger partial charge in [-0.05, 0) is 19.1 Å². The molecule has 4 nitrogen and oxygen atoms in total. The maximum atomic E-state index is 10.3. The van der Waals surface area contributed by atoms with Gasteiger partial charge in [0.1, 0.15) is 17.6 Å². The third kappa shape index (κ3) is 1.47. The SMILES string of the molecule is CC(=N)n1ccc(C=O)cc1=N. The van der Waals surface area contributed by atoms with E-state index in [9.17, 15) is 4.79 Å². The third-order valence-electron chi connectivity index (χ3n) is 1.48. The number of aromatic nitrogens is 1. The minimum Gasteiger partial charge on any atom is -0.298 e. The van der Waals surface area contributed by atoms with Gasteiger partial charge in [0.15, 0.2) is 0 Å². The Morgan fingerprint density at radius 2 is 2.33 bits per heavy atom. The van der Waals surface area contributed by atoms with Crippen LogP contribution in [0.15, 0.2) is 18.3 Å². The van der Waals surface area contributed by atoms with Crippen molar-refractivity contribution >= 4 is 12.1 Å². The van der Waals surface area contributed by atoms with Gasteiger partial charge in [-0.3, -0.25) is 20.2 Å². The molecule has 0 aromatic carbocycles. The van der Waals surface area contributed by atoms with Crippen molar-refractivity contribution in [3.63, 3.8) is 0 Å². The second kappa shape index (κ2) is 3.13. The number of nitrogens with zero attached hydrogens (tertiary/aromatic N) is 1. The summed E-state index contributed by atoms with van der Waals surface area (Å²) in [6.07, 6.45) is 2.22. The predicted molar refractivity (Wildman–Crippen MR) is 44.5 cm³/mol. The van der Waals surface area contributed by atoms with E-state index < -0.39 is 0 Å². The van der Waals surface area contributed by atoms with Gasteiger partial charge in [0.25, 0.3) is 0 Å². The Labute approximate surface area is 69.5 Å². The molecule has 1 rings (SSSR count). The minimum atomic E-state index is 0.145. The summed E-state index contributed by atoms with van der Waals surface area (Å²) in [5.74, 6) is 0.262. The molecule has 0 aliphatic heterocycles. The highest BCUT2D eigenvalue weighted by atomic mass is 16.1. The van der Waals surface area contributed by atoms with Gasteiger partial charge in [0.2, 0.25) is 0 Å². The summed E-state index contributed by atoms with van der Waals surface area (Å²) in [6.45, 7) is 1.58. The third-order valence-corrected chi connectivity index (χ3v) is 1.48. The van der Waals surface area contributed by atoms with Crippen molar-refractivity contribution in [3.05, 3.63) is 29.4 Å². The van der Waals surface area contributed by atoms with Crippen LogP contribution in [0.5, 0.6) is 0 Å². The maximum Gasteiger partial charge on any atom is 0.150 e. The fraction of sp³-hybridized carbons (Fsp3) is 0.125. The first kappa shape index (κ1) is 8.39. The van der Waals surface area contributed by atoms with Crippen molar-refractivity contribution in [2.45, 2.75) is 6.92 Å². The molecule has 0 unspecified atom stereocenters. The van der Waals surface area contributed by atoms with Gasteiger partial charge in [0, 0.05) is 11.8 Å². The summed E-state index contributed by atoms with van der Waals surface area (Å²) in [7, 11) is 0. The Balaban J connectivity index is 3.30. The molecule has 1 aromatic rings. The van der Waals surface area contributed by atoms with Gasteiger partial charge < -0.3 is 0 Å². The first-order valence-electron chi connectivity index (χ1n) is 3.43. The van der Waals surface area contributed by atoms with Crippen LogP contribution in [0, 0.1) is 10.8 Å². The smallest absolute Gasteiger partial charge is 0.150 e. The number of pyridine rings is 1. The van der Waals surface area contributed by atoms with Gasteiger partial charge in [-0.2, -0.15) is 0 Å². The topological polar surface area (TPSA) is 69.7 Å². The minimum absolute atomic E-state index is 0.145. The fourth-order valence-corrected chi connectivity index (χ4v) is 0.882. The second-order valence-electron chi connectivity index (χ2n) is 2.42. The van der Waals surface area contributed by atoms with Gasteiger partial charge in [-0.15, -0.1) is 0 Å². The van der Waals surface area contributed by atoms with Gasteiger partial charge in [0.05, 0.1) is 0 Å². The van der Waals surface area contributed by atoms with Crippen LogP contribution in [0.25, 0.3) is 0 Å². The molecular weight excluding hydrogens is 154 g/mol. The normalized spacial score (nSPS) is 9.42. The molecule has 0 fully saturated rings. The van der Waals surface area contributed by atoms with Crippen molar-refractivity contribution in [3.8, 4) is 0 Å². The molecule has 1 aromatic heterocycles. The lowest BCUT2D eigenvalue weighted by molar-refractivity contribution is 0.112. The highest BCUT2D eigenvalue weighted by Crippen LogP contribution is 1.89. The van der Waals surface area contributed by atoms with E-state index in [1.54, 1.807) is 13.0 Å². The molecule has 1 heterocycles. The maximum absolute atomic E-state index is 10.3. The average Bonchev–Trinajstić information content (AvgIpc) is 2.03. The Kier molecular flexibility index (Phi) is 2.19. The summed E-state index contributed by atoms with van der Waals surface area (Å²) in [5.41, 5.74) is 0.601. The first-order chi connectivity index (χ1) is 5.65. The zero-order valence-electron chi connectivity index (χ0n) is 6.66. The van der Waals surface area contributed by atoms with Gasteiger partial charge in [-0.25, -0.2) is 0 Å². The van der Waals surface area contributed by atoms with E-state index >= 15 is 0 Å². The van der Waals surface area contributed by atoms with E-state index in [0.717, 1.165) is 0 Å². The van der Waals surface area contributed by atoms with Crippen LogP contribution in [0.4, 0.5) is 0 Å². The van der Waals surface area contributed by atoms with Crippen LogP contribution in [0.3, 0.4) is 0 Å². The van der Waals surface area contributed by atoms with Crippen molar-refractivity contribution < 1.29 is 4.79 Å². The average molecular weight is 163 g/mol. The Morgan fingerprint density at radius 1 is 1.67 bits per heavy atom. The molecule has 4 heteroatoms. The highest BCUT2D eigenvalue weighted by molar-refractivity contribution is 5.80. The number of carbonyl (C=O) groups excluding carboxylic acids is 1. The predicted octanol–water partition coefficient (Wildman–Crippen LogP) is 0.625. The Morgan fingerprint density at radius 3 is 2.75 bits per heavy atom. The number of hydrogen-bond donors (Lipinski definition) is 2. The lowest BCUT2D eigenvalue weighted by Gasteiger charge is -2.02. The number of nitrogens with one attached hydrogen (secondary N) is 2. The lowest BCUT2D eigenvalue weighted by atomic mass is 10.3. The molecule has 0 saturated heterocycles. The molecule has 0 atom stereocenters. The van der Waals surface area contributed by atoms with Crippen LogP contribution < -0.4 is 5.49 Å².